The third kappa shape index (κ3) is 5.84. The number of halogens is 1. The van der Waals surface area contributed by atoms with Crippen LogP contribution in [0.3, 0.4) is 0 Å². The Bertz CT molecular complexity index is 682. The maximum atomic E-state index is 12.0. The summed E-state index contributed by atoms with van der Waals surface area (Å²) in [6.45, 7) is 4.69. The average Bonchev–Trinajstić information content (AvgIpc) is 2.68. The van der Waals surface area contributed by atoms with Crippen LogP contribution in [0.1, 0.15) is 28.8 Å². The Balaban J connectivity index is 1.30. The second-order valence-corrected chi connectivity index (χ2v) is 7.19. The Morgan fingerprint density at radius 1 is 1.00 bits per heavy atom. The quantitative estimate of drug-likeness (QED) is 0.734. The van der Waals surface area contributed by atoms with Crippen molar-refractivity contribution in [3.05, 3.63) is 70.7 Å². The van der Waals surface area contributed by atoms with Crippen molar-refractivity contribution in [1.82, 2.24) is 15.5 Å². The smallest absolute Gasteiger partial charge is 0.251 e. The normalized spacial score (nSPS) is 15.7. The molecule has 0 bridgehead atoms. The zero-order chi connectivity index (χ0) is 18.2. The van der Waals surface area contributed by atoms with Gasteiger partial charge in [-0.25, -0.2) is 0 Å². The molecule has 1 aliphatic rings. The van der Waals surface area contributed by atoms with Gasteiger partial charge in [0, 0.05) is 36.3 Å². The van der Waals surface area contributed by atoms with E-state index < -0.39 is 0 Å². The van der Waals surface area contributed by atoms with E-state index in [1.54, 1.807) is 24.3 Å². The van der Waals surface area contributed by atoms with Gasteiger partial charge in [0.2, 0.25) is 0 Å². The highest BCUT2D eigenvalue weighted by atomic mass is 35.5. The molecule has 138 valence electrons. The number of hydrogen-bond acceptors (Lipinski definition) is 3. The van der Waals surface area contributed by atoms with Crippen molar-refractivity contribution in [1.29, 1.82) is 0 Å². The first-order valence-corrected chi connectivity index (χ1v) is 9.62. The molecule has 1 amide bonds. The summed E-state index contributed by atoms with van der Waals surface area (Å²) < 4.78 is 0. The van der Waals surface area contributed by atoms with Crippen LogP contribution in [0.5, 0.6) is 0 Å². The van der Waals surface area contributed by atoms with Crippen molar-refractivity contribution in [2.75, 3.05) is 26.2 Å². The Kier molecular flexibility index (Phi) is 7.06. The minimum Gasteiger partial charge on any atom is -0.351 e. The standard InChI is InChI=1S/C21H26ClN3O/c22-19-8-6-18(7-9-19)21(26)24-13-12-23-20-10-14-25(15-11-20)16-17-4-2-1-3-5-17/h1-9,20,23H,10-16H2,(H,24,26). The highest BCUT2D eigenvalue weighted by Gasteiger charge is 2.18. The number of piperidine rings is 1. The summed E-state index contributed by atoms with van der Waals surface area (Å²) in [5.74, 6) is -0.0545. The zero-order valence-electron chi connectivity index (χ0n) is 15.0. The molecule has 2 aromatic carbocycles. The Morgan fingerprint density at radius 3 is 2.38 bits per heavy atom. The first-order chi connectivity index (χ1) is 12.7. The number of nitrogens with zero attached hydrogens (tertiary/aromatic N) is 1. The SMILES string of the molecule is O=C(NCCNC1CCN(Cc2ccccc2)CC1)c1ccc(Cl)cc1. The van der Waals surface area contributed by atoms with Crippen LogP contribution in [0.4, 0.5) is 0 Å². The van der Waals surface area contributed by atoms with Crippen LogP contribution in [0.15, 0.2) is 54.6 Å². The summed E-state index contributed by atoms with van der Waals surface area (Å²) >= 11 is 5.84. The molecule has 0 saturated carbocycles. The van der Waals surface area contributed by atoms with Crippen LogP contribution < -0.4 is 10.6 Å². The molecule has 0 aliphatic carbocycles. The van der Waals surface area contributed by atoms with Crippen molar-refractivity contribution >= 4 is 17.5 Å². The number of carbonyl (C=O) groups excluding carboxylic acids is 1. The van der Waals surface area contributed by atoms with Gasteiger partial charge in [0.25, 0.3) is 5.91 Å². The minimum absolute atomic E-state index is 0.0545. The van der Waals surface area contributed by atoms with Crippen LogP contribution in [-0.4, -0.2) is 43.0 Å². The fourth-order valence-corrected chi connectivity index (χ4v) is 3.42. The van der Waals surface area contributed by atoms with Gasteiger partial charge in [0.05, 0.1) is 0 Å². The van der Waals surface area contributed by atoms with Crippen LogP contribution in [0, 0.1) is 0 Å². The van der Waals surface area contributed by atoms with Crippen molar-refractivity contribution in [2.45, 2.75) is 25.4 Å². The maximum Gasteiger partial charge on any atom is 0.251 e. The fraction of sp³-hybridized carbons (Fsp3) is 0.381. The molecule has 1 fully saturated rings. The largest absolute Gasteiger partial charge is 0.351 e. The van der Waals surface area contributed by atoms with Gasteiger partial charge in [-0.1, -0.05) is 41.9 Å². The Labute approximate surface area is 160 Å². The minimum atomic E-state index is -0.0545. The number of rotatable bonds is 7. The number of hydrogen-bond donors (Lipinski definition) is 2. The lowest BCUT2D eigenvalue weighted by atomic mass is 10.0. The molecule has 0 unspecified atom stereocenters. The third-order valence-electron chi connectivity index (χ3n) is 4.79. The summed E-state index contributed by atoms with van der Waals surface area (Å²) in [7, 11) is 0. The summed E-state index contributed by atoms with van der Waals surface area (Å²) in [5.41, 5.74) is 2.02. The number of benzene rings is 2. The molecule has 5 heteroatoms. The van der Waals surface area contributed by atoms with Gasteiger partial charge >= 0.3 is 0 Å². The van der Waals surface area contributed by atoms with E-state index in [1.807, 2.05) is 0 Å². The van der Waals surface area contributed by atoms with Crippen LogP contribution >= 0.6 is 11.6 Å². The maximum absolute atomic E-state index is 12.0. The Morgan fingerprint density at radius 2 is 1.69 bits per heavy atom. The summed E-state index contributed by atoms with van der Waals surface area (Å²) in [6, 6.07) is 18.1. The number of nitrogens with one attached hydrogen (secondary N) is 2. The van der Waals surface area contributed by atoms with Crippen molar-refractivity contribution in [3.63, 3.8) is 0 Å². The van der Waals surface area contributed by atoms with Crippen molar-refractivity contribution in [2.24, 2.45) is 0 Å². The zero-order valence-corrected chi connectivity index (χ0v) is 15.7. The van der Waals surface area contributed by atoms with E-state index in [0.29, 0.717) is 23.2 Å². The fourth-order valence-electron chi connectivity index (χ4n) is 3.29. The second kappa shape index (κ2) is 9.72. The van der Waals surface area contributed by atoms with Crippen LogP contribution in [0.25, 0.3) is 0 Å². The van der Waals surface area contributed by atoms with Gasteiger partial charge in [-0.05, 0) is 55.8 Å². The summed E-state index contributed by atoms with van der Waals surface area (Å²) in [5, 5.41) is 7.14. The van der Waals surface area contributed by atoms with Crippen molar-refractivity contribution in [3.8, 4) is 0 Å². The van der Waals surface area contributed by atoms with E-state index in [0.717, 1.165) is 39.0 Å². The van der Waals surface area contributed by atoms with E-state index in [4.69, 9.17) is 11.6 Å². The topological polar surface area (TPSA) is 44.4 Å². The Hall–Kier alpha value is -1.88. The van der Waals surface area contributed by atoms with Gasteiger partial charge in [0.15, 0.2) is 0 Å². The molecule has 2 aromatic rings. The highest BCUT2D eigenvalue weighted by Crippen LogP contribution is 2.13. The van der Waals surface area contributed by atoms with Gasteiger partial charge in [0.1, 0.15) is 0 Å². The van der Waals surface area contributed by atoms with Gasteiger partial charge in [-0.3, -0.25) is 9.69 Å². The molecule has 0 spiro atoms. The lowest BCUT2D eigenvalue weighted by Crippen LogP contribution is -2.44. The predicted octanol–water partition coefficient (Wildman–Crippen LogP) is 3.32. The van der Waals surface area contributed by atoms with Gasteiger partial charge in [-0.15, -0.1) is 0 Å². The van der Waals surface area contributed by atoms with E-state index in [-0.39, 0.29) is 5.91 Å². The van der Waals surface area contributed by atoms with Crippen LogP contribution in [0.2, 0.25) is 5.02 Å². The summed E-state index contributed by atoms with van der Waals surface area (Å²) in [4.78, 5) is 14.5. The average molecular weight is 372 g/mol. The van der Waals surface area contributed by atoms with E-state index >= 15 is 0 Å². The monoisotopic (exact) mass is 371 g/mol. The van der Waals surface area contributed by atoms with E-state index in [2.05, 4.69) is 45.9 Å². The molecular formula is C21H26ClN3O. The number of amides is 1. The predicted molar refractivity (Wildman–Crippen MR) is 107 cm³/mol. The molecule has 0 aromatic heterocycles. The number of likely N-dealkylation sites (tertiary alicyclic amines) is 1. The molecule has 2 N–H and O–H groups in total. The molecule has 0 radical (unpaired) electrons. The molecule has 1 aliphatic heterocycles. The summed E-state index contributed by atoms with van der Waals surface area (Å²) in [6.07, 6.45) is 2.30. The van der Waals surface area contributed by atoms with Gasteiger partial charge in [-0.2, -0.15) is 0 Å². The number of carbonyl (C=O) groups is 1. The molecule has 3 rings (SSSR count). The molecule has 1 saturated heterocycles. The van der Waals surface area contributed by atoms with E-state index in [9.17, 15) is 4.79 Å². The molecular weight excluding hydrogens is 346 g/mol. The molecule has 4 nitrogen and oxygen atoms in total. The first-order valence-electron chi connectivity index (χ1n) is 9.24. The molecule has 1 heterocycles. The first kappa shape index (κ1) is 18.9. The molecule has 26 heavy (non-hydrogen) atoms. The lowest BCUT2D eigenvalue weighted by Gasteiger charge is -2.32. The van der Waals surface area contributed by atoms with E-state index in [1.165, 1.54) is 5.56 Å². The highest BCUT2D eigenvalue weighted by molar-refractivity contribution is 6.30. The lowest BCUT2D eigenvalue weighted by molar-refractivity contribution is 0.0953. The molecule has 0 atom stereocenters. The van der Waals surface area contributed by atoms with Crippen molar-refractivity contribution < 1.29 is 4.79 Å². The third-order valence-corrected chi connectivity index (χ3v) is 5.04. The second-order valence-electron chi connectivity index (χ2n) is 6.75. The van der Waals surface area contributed by atoms with Gasteiger partial charge < -0.3 is 10.6 Å². The van der Waals surface area contributed by atoms with Crippen LogP contribution in [-0.2, 0) is 6.54 Å².